The Kier molecular flexibility index (Phi) is 6.18. The molecule has 0 aliphatic rings. The van der Waals surface area contributed by atoms with Gasteiger partial charge in [-0.05, 0) is 57.0 Å². The van der Waals surface area contributed by atoms with Crippen molar-refractivity contribution >= 4 is 11.7 Å². The molecule has 0 fully saturated rings. The topological polar surface area (TPSA) is 59.1 Å². The molecule has 0 saturated heterocycles. The minimum Gasteiger partial charge on any atom is -0.347 e. The summed E-state index contributed by atoms with van der Waals surface area (Å²) in [5.41, 5.74) is 0.915. The number of aryl methyl sites for hydroxylation is 1. The zero-order valence-electron chi connectivity index (χ0n) is 15.1. The maximum Gasteiger partial charge on any atom is 0.253 e. The van der Waals surface area contributed by atoms with Crippen molar-refractivity contribution in [2.45, 2.75) is 45.6 Å². The highest BCUT2D eigenvalue weighted by Crippen LogP contribution is 2.13. The van der Waals surface area contributed by atoms with Crippen LogP contribution in [0.5, 0.6) is 0 Å². The van der Waals surface area contributed by atoms with E-state index in [-0.39, 0.29) is 24.5 Å². The van der Waals surface area contributed by atoms with Crippen LogP contribution in [-0.2, 0) is 17.6 Å². The normalized spacial score (nSPS) is 11.3. The van der Waals surface area contributed by atoms with Gasteiger partial charge in [-0.3, -0.25) is 14.6 Å². The summed E-state index contributed by atoms with van der Waals surface area (Å²) in [6.07, 6.45) is 2.00. The van der Waals surface area contributed by atoms with Gasteiger partial charge in [0.1, 0.15) is 5.78 Å². The molecule has 26 heavy (non-hydrogen) atoms. The predicted octanol–water partition coefficient (Wildman–Crippen LogP) is 3.63. The monoisotopic (exact) mass is 360 g/mol. The Morgan fingerprint density at radius 2 is 1.85 bits per heavy atom. The lowest BCUT2D eigenvalue weighted by atomic mass is 10.0. The fourth-order valence-electron chi connectivity index (χ4n) is 2.45. The number of nitrogens with one attached hydrogen (secondary N) is 1. The molecule has 0 bridgehead atoms. The fraction of sp³-hybridized carbons (Fsp3) is 0.350. The Balaban J connectivity index is 2.02. The molecule has 0 atom stereocenters. The van der Waals surface area contributed by atoms with Crippen molar-refractivity contribution < 1.29 is 18.4 Å². The zero-order valence-corrected chi connectivity index (χ0v) is 15.1. The lowest BCUT2D eigenvalue weighted by Gasteiger charge is -2.21. The van der Waals surface area contributed by atoms with E-state index in [0.717, 1.165) is 12.1 Å². The van der Waals surface area contributed by atoms with Gasteiger partial charge in [0.15, 0.2) is 11.6 Å². The number of carbonyl (C=O) groups is 2. The van der Waals surface area contributed by atoms with Crippen molar-refractivity contribution in [3.8, 4) is 0 Å². The van der Waals surface area contributed by atoms with Gasteiger partial charge in [-0.1, -0.05) is 6.07 Å². The van der Waals surface area contributed by atoms with Crippen molar-refractivity contribution in [1.29, 1.82) is 0 Å². The van der Waals surface area contributed by atoms with Gasteiger partial charge in [0.05, 0.1) is 11.3 Å². The molecular formula is C20H22F2N2O2. The van der Waals surface area contributed by atoms with Crippen LogP contribution in [-0.4, -0.2) is 22.2 Å². The first kappa shape index (κ1) is 19.7. The highest BCUT2D eigenvalue weighted by Gasteiger charge is 2.19. The number of nitrogens with zero attached hydrogens (tertiary/aromatic N) is 1. The molecule has 0 radical (unpaired) electrons. The van der Waals surface area contributed by atoms with E-state index < -0.39 is 17.2 Å². The van der Waals surface area contributed by atoms with E-state index in [0.29, 0.717) is 23.2 Å². The highest BCUT2D eigenvalue weighted by atomic mass is 19.2. The Bertz CT molecular complexity index is 814. The summed E-state index contributed by atoms with van der Waals surface area (Å²) in [6.45, 7) is 5.61. The highest BCUT2D eigenvalue weighted by molar-refractivity contribution is 5.97. The molecule has 1 N–H and O–H groups in total. The third kappa shape index (κ3) is 5.72. The second-order valence-corrected chi connectivity index (χ2v) is 7.17. The molecule has 2 rings (SSSR count). The number of ketones is 1. The number of halogens is 2. The van der Waals surface area contributed by atoms with Gasteiger partial charge in [0.2, 0.25) is 0 Å². The number of benzene rings is 1. The third-order valence-electron chi connectivity index (χ3n) is 3.66. The van der Waals surface area contributed by atoms with Crippen molar-refractivity contribution in [3.63, 3.8) is 0 Å². The third-order valence-corrected chi connectivity index (χ3v) is 3.66. The smallest absolute Gasteiger partial charge is 0.253 e. The van der Waals surface area contributed by atoms with E-state index in [1.165, 1.54) is 12.3 Å². The van der Waals surface area contributed by atoms with Gasteiger partial charge in [-0.25, -0.2) is 8.78 Å². The van der Waals surface area contributed by atoms with Crippen molar-refractivity contribution in [1.82, 2.24) is 10.3 Å². The molecule has 0 aliphatic carbocycles. The van der Waals surface area contributed by atoms with Gasteiger partial charge >= 0.3 is 0 Å². The summed E-state index contributed by atoms with van der Waals surface area (Å²) in [5.74, 6) is -2.25. The fourth-order valence-corrected chi connectivity index (χ4v) is 2.45. The average molecular weight is 360 g/mol. The summed E-state index contributed by atoms with van der Waals surface area (Å²) in [5, 5.41) is 2.85. The van der Waals surface area contributed by atoms with Crippen LogP contribution >= 0.6 is 0 Å². The lowest BCUT2D eigenvalue weighted by molar-refractivity contribution is -0.118. The molecule has 0 aliphatic heterocycles. The maximum absolute atomic E-state index is 13.2. The number of carbonyl (C=O) groups excluding carboxylic acids is 2. The largest absolute Gasteiger partial charge is 0.347 e. The van der Waals surface area contributed by atoms with Crippen LogP contribution in [0.15, 0.2) is 36.5 Å². The molecule has 1 heterocycles. The van der Waals surface area contributed by atoms with Crippen molar-refractivity contribution in [3.05, 3.63) is 65.0 Å². The van der Waals surface area contributed by atoms with Gasteiger partial charge in [0.25, 0.3) is 5.91 Å². The molecule has 2 aromatic rings. The van der Waals surface area contributed by atoms with E-state index in [9.17, 15) is 18.4 Å². The van der Waals surface area contributed by atoms with Crippen LogP contribution in [0.1, 0.15) is 48.8 Å². The Morgan fingerprint density at radius 1 is 1.12 bits per heavy atom. The van der Waals surface area contributed by atoms with Crippen LogP contribution in [0, 0.1) is 11.6 Å². The summed E-state index contributed by atoms with van der Waals surface area (Å²) in [7, 11) is 0. The second-order valence-electron chi connectivity index (χ2n) is 7.17. The Hall–Kier alpha value is -2.63. The van der Waals surface area contributed by atoms with Crippen LogP contribution in [0.25, 0.3) is 0 Å². The molecule has 4 nitrogen and oxygen atoms in total. The molecule has 1 aromatic carbocycles. The summed E-state index contributed by atoms with van der Waals surface area (Å²) < 4.78 is 26.1. The Labute approximate surface area is 151 Å². The maximum atomic E-state index is 13.2. The number of hydrogen-bond donors (Lipinski definition) is 1. The quantitative estimate of drug-likeness (QED) is 0.856. The molecule has 0 unspecified atom stereocenters. The molecule has 1 aromatic heterocycles. The molecule has 1 amide bonds. The minimum absolute atomic E-state index is 0.0113. The predicted molar refractivity (Wildman–Crippen MR) is 94.8 cm³/mol. The minimum atomic E-state index is -0.930. The van der Waals surface area contributed by atoms with Gasteiger partial charge in [-0.15, -0.1) is 0 Å². The Morgan fingerprint density at radius 3 is 2.50 bits per heavy atom. The van der Waals surface area contributed by atoms with Gasteiger partial charge < -0.3 is 5.32 Å². The first-order chi connectivity index (χ1) is 12.2. The van der Waals surface area contributed by atoms with Crippen LogP contribution < -0.4 is 5.32 Å². The number of rotatable bonds is 6. The SMILES string of the molecule is CC(C)(C)NC(=O)c1cccnc1CC(=O)CCc1ccc(F)c(F)c1. The standard InChI is InChI=1S/C20H22F2N2O2/c1-20(2,3)24-19(26)15-5-4-10-23-18(15)12-14(25)8-6-13-7-9-16(21)17(22)11-13/h4-5,7,9-11H,6,8,12H2,1-3H3,(H,24,26). The van der Waals surface area contributed by atoms with Crippen LogP contribution in [0.3, 0.4) is 0 Å². The van der Waals surface area contributed by atoms with Gasteiger partial charge in [0, 0.05) is 24.6 Å². The molecule has 0 saturated carbocycles. The van der Waals surface area contributed by atoms with E-state index in [1.807, 2.05) is 20.8 Å². The number of hydrogen-bond acceptors (Lipinski definition) is 3. The van der Waals surface area contributed by atoms with E-state index in [1.54, 1.807) is 12.1 Å². The number of aromatic nitrogens is 1. The first-order valence-corrected chi connectivity index (χ1v) is 8.38. The summed E-state index contributed by atoms with van der Waals surface area (Å²) in [6, 6.07) is 6.86. The number of pyridine rings is 1. The van der Waals surface area contributed by atoms with E-state index >= 15 is 0 Å². The molecular weight excluding hydrogens is 338 g/mol. The number of amides is 1. The summed E-state index contributed by atoms with van der Waals surface area (Å²) in [4.78, 5) is 28.8. The van der Waals surface area contributed by atoms with Crippen LogP contribution in [0.4, 0.5) is 8.78 Å². The van der Waals surface area contributed by atoms with E-state index in [2.05, 4.69) is 10.3 Å². The molecule has 138 valence electrons. The van der Waals surface area contributed by atoms with E-state index in [4.69, 9.17) is 0 Å². The van der Waals surface area contributed by atoms with Gasteiger partial charge in [-0.2, -0.15) is 0 Å². The number of Topliss-reactive ketones (excluding diaryl/α,β-unsaturated/α-hetero) is 1. The summed E-state index contributed by atoms with van der Waals surface area (Å²) >= 11 is 0. The van der Waals surface area contributed by atoms with Crippen molar-refractivity contribution in [2.24, 2.45) is 0 Å². The molecule has 6 heteroatoms. The lowest BCUT2D eigenvalue weighted by Crippen LogP contribution is -2.41. The second kappa shape index (κ2) is 8.17. The van der Waals surface area contributed by atoms with Crippen molar-refractivity contribution in [2.75, 3.05) is 0 Å². The average Bonchev–Trinajstić information content (AvgIpc) is 2.55. The van der Waals surface area contributed by atoms with Crippen LogP contribution in [0.2, 0.25) is 0 Å². The molecule has 0 spiro atoms. The zero-order chi connectivity index (χ0) is 19.3. The first-order valence-electron chi connectivity index (χ1n) is 8.38.